The molecule has 1 heterocycles. The second-order valence-electron chi connectivity index (χ2n) is 6.43. The molecule has 24 heavy (non-hydrogen) atoms. The van der Waals surface area contributed by atoms with Crippen LogP contribution in [0.4, 0.5) is 0 Å². The molecule has 2 amide bonds. The minimum Gasteiger partial charge on any atom is -0.304 e. The highest BCUT2D eigenvalue weighted by Crippen LogP contribution is 2.34. The molecular weight excluding hydrogens is 346 g/mol. The first-order chi connectivity index (χ1) is 11.3. The largest absolute Gasteiger partial charge is 0.304 e. The summed E-state index contributed by atoms with van der Waals surface area (Å²) in [5.74, 6) is -0.306. The van der Waals surface area contributed by atoms with Crippen molar-refractivity contribution in [1.29, 1.82) is 0 Å². The van der Waals surface area contributed by atoms with Crippen LogP contribution in [0.2, 0.25) is 5.02 Å². The smallest absolute Gasteiger partial charge is 0.243 e. The van der Waals surface area contributed by atoms with Crippen LogP contribution in [0.5, 0.6) is 0 Å². The van der Waals surface area contributed by atoms with E-state index in [1.165, 1.54) is 5.01 Å². The Morgan fingerprint density at radius 2 is 2.21 bits per heavy atom. The molecule has 1 fully saturated rings. The van der Waals surface area contributed by atoms with Crippen LogP contribution in [0.1, 0.15) is 32.8 Å². The molecule has 2 rings (SSSR count). The van der Waals surface area contributed by atoms with E-state index in [0.717, 1.165) is 12.1 Å². The standard InChI is InChI=1S/C17H24ClN3O2S/c1-4-21(16(23)10-15-19-11-17(2,3)24-15)20-14(22)9-12-6-5-7-13(18)8-12/h5-8,15,19H,4,9-11H2,1-3H3,(H,20,22). The Morgan fingerprint density at radius 1 is 1.46 bits per heavy atom. The van der Waals surface area contributed by atoms with Crippen LogP contribution in [0.15, 0.2) is 24.3 Å². The summed E-state index contributed by atoms with van der Waals surface area (Å²) in [4.78, 5) is 24.6. The zero-order valence-electron chi connectivity index (χ0n) is 14.3. The topological polar surface area (TPSA) is 61.4 Å². The molecule has 1 aromatic rings. The molecule has 0 spiro atoms. The van der Waals surface area contributed by atoms with Crippen LogP contribution < -0.4 is 10.7 Å². The molecule has 1 aliphatic rings. The fourth-order valence-electron chi connectivity index (χ4n) is 2.55. The number of nitrogens with zero attached hydrogens (tertiary/aromatic N) is 1. The molecule has 0 radical (unpaired) electrons. The van der Waals surface area contributed by atoms with E-state index in [1.54, 1.807) is 30.0 Å². The predicted molar refractivity (Wildman–Crippen MR) is 98.8 cm³/mol. The Labute approximate surface area is 152 Å². The normalized spacial score (nSPS) is 19.1. The molecule has 0 aromatic heterocycles. The Hall–Kier alpha value is -1.24. The van der Waals surface area contributed by atoms with Crippen LogP contribution in [0, 0.1) is 0 Å². The van der Waals surface area contributed by atoms with Crippen molar-refractivity contribution in [2.45, 2.75) is 43.7 Å². The van der Waals surface area contributed by atoms with Gasteiger partial charge in [0.1, 0.15) is 0 Å². The van der Waals surface area contributed by atoms with Crippen LogP contribution in [-0.2, 0) is 16.0 Å². The summed E-state index contributed by atoms with van der Waals surface area (Å²) in [7, 11) is 0. The summed E-state index contributed by atoms with van der Waals surface area (Å²) in [6.45, 7) is 7.46. The monoisotopic (exact) mass is 369 g/mol. The second kappa shape index (κ2) is 8.23. The van der Waals surface area contributed by atoms with Crippen molar-refractivity contribution < 1.29 is 9.59 Å². The van der Waals surface area contributed by atoms with Crippen molar-refractivity contribution in [3.8, 4) is 0 Å². The number of halogens is 1. The number of amides is 2. The Balaban J connectivity index is 1.86. The quantitative estimate of drug-likeness (QED) is 0.783. The van der Waals surface area contributed by atoms with Gasteiger partial charge < -0.3 is 5.32 Å². The van der Waals surface area contributed by atoms with Crippen LogP contribution >= 0.6 is 23.4 Å². The summed E-state index contributed by atoms with van der Waals surface area (Å²) in [5.41, 5.74) is 3.51. The summed E-state index contributed by atoms with van der Waals surface area (Å²) >= 11 is 7.69. The molecule has 2 N–H and O–H groups in total. The third kappa shape index (κ3) is 5.69. The Kier molecular flexibility index (Phi) is 6.54. The third-order valence-electron chi connectivity index (χ3n) is 3.71. The third-order valence-corrected chi connectivity index (χ3v) is 5.34. The first-order valence-electron chi connectivity index (χ1n) is 8.04. The molecule has 0 saturated carbocycles. The van der Waals surface area contributed by atoms with Gasteiger partial charge in [-0.3, -0.25) is 20.0 Å². The van der Waals surface area contributed by atoms with E-state index >= 15 is 0 Å². The zero-order valence-corrected chi connectivity index (χ0v) is 15.8. The van der Waals surface area contributed by atoms with Gasteiger partial charge >= 0.3 is 0 Å². The maximum Gasteiger partial charge on any atom is 0.243 e. The fraction of sp³-hybridized carbons (Fsp3) is 0.529. The number of thioether (sulfide) groups is 1. The predicted octanol–water partition coefficient (Wildman–Crippen LogP) is 2.59. The van der Waals surface area contributed by atoms with Gasteiger partial charge in [0.15, 0.2) is 0 Å². The lowest BCUT2D eigenvalue weighted by Gasteiger charge is -2.23. The highest BCUT2D eigenvalue weighted by Gasteiger charge is 2.33. The van der Waals surface area contributed by atoms with Crippen molar-refractivity contribution >= 4 is 35.2 Å². The highest BCUT2D eigenvalue weighted by molar-refractivity contribution is 8.01. The maximum atomic E-state index is 12.4. The minimum atomic E-state index is -0.222. The van der Waals surface area contributed by atoms with E-state index in [2.05, 4.69) is 24.6 Å². The van der Waals surface area contributed by atoms with Gasteiger partial charge in [0.2, 0.25) is 11.8 Å². The number of rotatable bonds is 5. The molecule has 1 atom stereocenters. The van der Waals surface area contributed by atoms with E-state index in [-0.39, 0.29) is 28.4 Å². The first kappa shape index (κ1) is 19.1. The maximum absolute atomic E-state index is 12.4. The van der Waals surface area contributed by atoms with Gasteiger partial charge in [0.05, 0.1) is 18.2 Å². The molecule has 1 unspecified atom stereocenters. The number of hydrazine groups is 1. The molecule has 1 saturated heterocycles. The number of hydrogen-bond acceptors (Lipinski definition) is 4. The second-order valence-corrected chi connectivity index (χ2v) is 8.78. The molecule has 5 nitrogen and oxygen atoms in total. The van der Waals surface area contributed by atoms with Gasteiger partial charge in [-0.25, -0.2) is 0 Å². The Morgan fingerprint density at radius 3 is 2.79 bits per heavy atom. The minimum absolute atomic E-state index is 0.0837. The molecule has 0 bridgehead atoms. The number of nitrogens with one attached hydrogen (secondary N) is 2. The number of carbonyl (C=O) groups excluding carboxylic acids is 2. The number of carbonyl (C=O) groups is 2. The van der Waals surface area contributed by atoms with Crippen LogP contribution in [-0.4, -0.2) is 40.0 Å². The molecule has 1 aliphatic heterocycles. The summed E-state index contributed by atoms with van der Waals surface area (Å²) in [6.07, 6.45) is 0.549. The van der Waals surface area contributed by atoms with E-state index in [1.807, 2.05) is 13.0 Å². The average molecular weight is 370 g/mol. The van der Waals surface area contributed by atoms with Crippen LogP contribution in [0.3, 0.4) is 0 Å². The fourth-order valence-corrected chi connectivity index (χ4v) is 4.09. The van der Waals surface area contributed by atoms with Crippen LogP contribution in [0.25, 0.3) is 0 Å². The van der Waals surface area contributed by atoms with Crippen molar-refractivity contribution in [2.75, 3.05) is 13.1 Å². The van der Waals surface area contributed by atoms with Gasteiger partial charge in [0.25, 0.3) is 0 Å². The van der Waals surface area contributed by atoms with Crippen molar-refractivity contribution in [3.63, 3.8) is 0 Å². The van der Waals surface area contributed by atoms with Crippen molar-refractivity contribution in [1.82, 2.24) is 15.8 Å². The first-order valence-corrected chi connectivity index (χ1v) is 9.30. The highest BCUT2D eigenvalue weighted by atomic mass is 35.5. The molecule has 132 valence electrons. The van der Waals surface area contributed by atoms with E-state index < -0.39 is 0 Å². The van der Waals surface area contributed by atoms with Gasteiger partial charge in [0, 0.05) is 22.9 Å². The molecule has 1 aromatic carbocycles. The van der Waals surface area contributed by atoms with E-state index in [4.69, 9.17) is 11.6 Å². The van der Waals surface area contributed by atoms with E-state index in [9.17, 15) is 9.59 Å². The zero-order chi connectivity index (χ0) is 17.7. The molecular formula is C17H24ClN3O2S. The van der Waals surface area contributed by atoms with Gasteiger partial charge in [-0.15, -0.1) is 11.8 Å². The SMILES string of the molecule is CCN(NC(=O)Cc1cccc(Cl)c1)C(=O)CC1NCC(C)(C)S1. The lowest BCUT2D eigenvalue weighted by atomic mass is 10.1. The number of benzene rings is 1. The summed E-state index contributed by atoms with van der Waals surface area (Å²) in [5, 5.41) is 5.42. The summed E-state index contributed by atoms with van der Waals surface area (Å²) < 4.78 is 0.137. The Bertz CT molecular complexity index is 609. The van der Waals surface area contributed by atoms with Gasteiger partial charge in [-0.05, 0) is 38.5 Å². The van der Waals surface area contributed by atoms with Gasteiger partial charge in [-0.2, -0.15) is 0 Å². The lowest BCUT2D eigenvalue weighted by Crippen LogP contribution is -2.47. The van der Waals surface area contributed by atoms with E-state index in [0.29, 0.717) is 18.0 Å². The average Bonchev–Trinajstić information content (AvgIpc) is 2.83. The molecule has 0 aliphatic carbocycles. The lowest BCUT2D eigenvalue weighted by molar-refractivity contribution is -0.141. The number of hydrogen-bond donors (Lipinski definition) is 2. The molecule has 7 heteroatoms. The van der Waals surface area contributed by atoms with Gasteiger partial charge in [-0.1, -0.05) is 23.7 Å². The van der Waals surface area contributed by atoms with Crippen molar-refractivity contribution in [3.05, 3.63) is 34.9 Å². The van der Waals surface area contributed by atoms with Crippen molar-refractivity contribution in [2.24, 2.45) is 0 Å². The summed E-state index contributed by atoms with van der Waals surface area (Å²) in [6, 6.07) is 7.15.